The van der Waals surface area contributed by atoms with Crippen LogP contribution in [0.5, 0.6) is 0 Å². The molecule has 0 aromatic heterocycles. The highest BCUT2D eigenvalue weighted by Crippen LogP contribution is 2.22. The Morgan fingerprint density at radius 3 is 2.74 bits per heavy atom. The van der Waals surface area contributed by atoms with E-state index in [1.165, 1.54) is 0 Å². The summed E-state index contributed by atoms with van der Waals surface area (Å²) in [7, 11) is 0. The Bertz CT molecular complexity index is 723. The molecular weight excluding hydrogens is 378 g/mol. The number of carbonyl (C=O) groups is 1. The molecule has 0 aliphatic rings. The zero-order chi connectivity index (χ0) is 16.5. The van der Waals surface area contributed by atoms with Crippen LogP contribution >= 0.6 is 27.5 Å². The second-order valence-electron chi connectivity index (χ2n) is 4.67. The average molecular weight is 393 g/mol. The van der Waals surface area contributed by atoms with E-state index in [0.29, 0.717) is 18.0 Å². The van der Waals surface area contributed by atoms with Crippen molar-refractivity contribution in [1.29, 1.82) is 0 Å². The van der Waals surface area contributed by atoms with Gasteiger partial charge in [0, 0.05) is 23.0 Å². The maximum absolute atomic E-state index is 11.5. The summed E-state index contributed by atoms with van der Waals surface area (Å²) in [5.74, 6) is 5.98. The van der Waals surface area contributed by atoms with Gasteiger partial charge in [0.1, 0.15) is 6.61 Å². The minimum Gasteiger partial charge on any atom is -0.445 e. The number of hydrogen-bond acceptors (Lipinski definition) is 2. The molecule has 2 rings (SSSR count). The van der Waals surface area contributed by atoms with Gasteiger partial charge in [0.2, 0.25) is 0 Å². The minimum atomic E-state index is -0.442. The third-order valence-corrected chi connectivity index (χ3v) is 4.12. The van der Waals surface area contributed by atoms with Crippen LogP contribution in [0, 0.1) is 11.8 Å². The average Bonchev–Trinajstić information content (AvgIpc) is 2.57. The lowest BCUT2D eigenvalue weighted by molar-refractivity contribution is 0.140. The fourth-order valence-corrected chi connectivity index (χ4v) is 2.17. The molecule has 0 radical (unpaired) electrons. The SMILES string of the molecule is O=C(NCCC#Cc1ccc(Br)c(Cl)c1)OCc1ccccc1. The van der Waals surface area contributed by atoms with Crippen molar-refractivity contribution in [3.8, 4) is 11.8 Å². The first kappa shape index (κ1) is 17.4. The molecule has 3 nitrogen and oxygen atoms in total. The molecule has 0 fully saturated rings. The number of amides is 1. The van der Waals surface area contributed by atoms with Gasteiger partial charge in [-0.05, 0) is 39.7 Å². The fourth-order valence-electron chi connectivity index (χ4n) is 1.74. The quantitative estimate of drug-likeness (QED) is 0.601. The van der Waals surface area contributed by atoms with Gasteiger partial charge >= 0.3 is 6.09 Å². The Kier molecular flexibility index (Phi) is 6.99. The molecule has 1 N–H and O–H groups in total. The first-order valence-corrected chi connectivity index (χ1v) is 8.21. The summed E-state index contributed by atoms with van der Waals surface area (Å²) >= 11 is 9.32. The van der Waals surface area contributed by atoms with Crippen LogP contribution in [0.15, 0.2) is 53.0 Å². The van der Waals surface area contributed by atoms with Gasteiger partial charge in [-0.15, -0.1) is 0 Å². The first-order chi connectivity index (χ1) is 11.1. The Morgan fingerprint density at radius 2 is 2.00 bits per heavy atom. The van der Waals surface area contributed by atoms with Gasteiger partial charge in [0.15, 0.2) is 0 Å². The number of alkyl carbamates (subject to hydrolysis) is 1. The maximum Gasteiger partial charge on any atom is 0.407 e. The van der Waals surface area contributed by atoms with Crippen LogP contribution < -0.4 is 5.32 Å². The zero-order valence-corrected chi connectivity index (χ0v) is 14.7. The van der Waals surface area contributed by atoms with Gasteiger partial charge in [-0.2, -0.15) is 0 Å². The van der Waals surface area contributed by atoms with Crippen molar-refractivity contribution < 1.29 is 9.53 Å². The molecule has 0 aliphatic heterocycles. The molecule has 23 heavy (non-hydrogen) atoms. The number of ether oxygens (including phenoxy) is 1. The largest absolute Gasteiger partial charge is 0.445 e. The van der Waals surface area contributed by atoms with E-state index in [1.54, 1.807) is 6.07 Å². The van der Waals surface area contributed by atoms with E-state index >= 15 is 0 Å². The van der Waals surface area contributed by atoms with Gasteiger partial charge in [-0.1, -0.05) is 53.8 Å². The van der Waals surface area contributed by atoms with Crippen LogP contribution in [-0.4, -0.2) is 12.6 Å². The first-order valence-electron chi connectivity index (χ1n) is 7.03. The lowest BCUT2D eigenvalue weighted by Gasteiger charge is -2.05. The Morgan fingerprint density at radius 1 is 1.22 bits per heavy atom. The zero-order valence-electron chi connectivity index (χ0n) is 12.3. The number of carbonyl (C=O) groups excluding carboxylic acids is 1. The predicted octanol–water partition coefficient (Wildman–Crippen LogP) is 4.77. The van der Waals surface area contributed by atoms with Crippen LogP contribution in [0.25, 0.3) is 0 Å². The predicted molar refractivity (Wildman–Crippen MR) is 95.3 cm³/mol. The molecule has 0 heterocycles. The molecule has 2 aromatic carbocycles. The van der Waals surface area contributed by atoms with Crippen LogP contribution in [0.1, 0.15) is 17.5 Å². The monoisotopic (exact) mass is 391 g/mol. The third kappa shape index (κ3) is 6.35. The normalized spacial score (nSPS) is 9.65. The van der Waals surface area contributed by atoms with Crippen LogP contribution in [-0.2, 0) is 11.3 Å². The standard InChI is InChI=1S/C18H15BrClNO2/c19-16-10-9-14(12-17(16)20)6-4-5-11-21-18(22)23-13-15-7-2-1-3-8-15/h1-3,7-10,12H,5,11,13H2,(H,21,22). The van der Waals surface area contributed by atoms with Gasteiger partial charge in [-0.3, -0.25) is 0 Å². The van der Waals surface area contributed by atoms with E-state index in [9.17, 15) is 4.79 Å². The highest BCUT2D eigenvalue weighted by Gasteiger charge is 2.00. The summed E-state index contributed by atoms with van der Waals surface area (Å²) in [6.07, 6.45) is 0.0936. The van der Waals surface area contributed by atoms with Gasteiger partial charge in [-0.25, -0.2) is 4.79 Å². The van der Waals surface area contributed by atoms with Crippen molar-refractivity contribution in [2.24, 2.45) is 0 Å². The number of rotatable bonds is 4. The summed E-state index contributed by atoms with van der Waals surface area (Å²) in [6, 6.07) is 15.1. The molecule has 0 spiro atoms. The van der Waals surface area contributed by atoms with Gasteiger partial charge in [0.25, 0.3) is 0 Å². The molecule has 0 bridgehead atoms. The molecule has 0 saturated heterocycles. The lowest BCUT2D eigenvalue weighted by Crippen LogP contribution is -2.24. The summed E-state index contributed by atoms with van der Waals surface area (Å²) in [6.45, 7) is 0.695. The topological polar surface area (TPSA) is 38.3 Å². The molecule has 1 amide bonds. The van der Waals surface area contributed by atoms with E-state index in [4.69, 9.17) is 16.3 Å². The third-order valence-electron chi connectivity index (χ3n) is 2.88. The van der Waals surface area contributed by atoms with E-state index < -0.39 is 6.09 Å². The summed E-state index contributed by atoms with van der Waals surface area (Å²) in [5, 5.41) is 3.29. The van der Waals surface area contributed by atoms with Gasteiger partial charge < -0.3 is 10.1 Å². The molecule has 118 valence electrons. The smallest absolute Gasteiger partial charge is 0.407 e. The van der Waals surface area contributed by atoms with Crippen molar-refractivity contribution in [3.63, 3.8) is 0 Å². The second kappa shape index (κ2) is 9.24. The second-order valence-corrected chi connectivity index (χ2v) is 5.93. The fraction of sp³-hybridized carbons (Fsp3) is 0.167. The summed E-state index contributed by atoms with van der Waals surface area (Å²) in [5.41, 5.74) is 1.79. The van der Waals surface area contributed by atoms with Crippen LogP contribution in [0.4, 0.5) is 4.79 Å². The van der Waals surface area contributed by atoms with Crippen molar-refractivity contribution in [2.75, 3.05) is 6.54 Å². The molecule has 0 aliphatic carbocycles. The highest BCUT2D eigenvalue weighted by molar-refractivity contribution is 9.10. The minimum absolute atomic E-state index is 0.260. The molecule has 2 aromatic rings. The number of nitrogens with one attached hydrogen (secondary N) is 1. The highest BCUT2D eigenvalue weighted by atomic mass is 79.9. The number of halogens is 2. The van der Waals surface area contributed by atoms with Crippen molar-refractivity contribution in [2.45, 2.75) is 13.0 Å². The number of hydrogen-bond donors (Lipinski definition) is 1. The Labute approximate surface area is 149 Å². The summed E-state index contributed by atoms with van der Waals surface area (Å²) < 4.78 is 5.94. The molecule has 5 heteroatoms. The van der Waals surface area contributed by atoms with Crippen LogP contribution in [0.3, 0.4) is 0 Å². The van der Waals surface area contributed by atoms with E-state index in [2.05, 4.69) is 33.1 Å². The van der Waals surface area contributed by atoms with E-state index in [1.807, 2.05) is 42.5 Å². The van der Waals surface area contributed by atoms with Crippen molar-refractivity contribution >= 4 is 33.6 Å². The number of benzene rings is 2. The van der Waals surface area contributed by atoms with Crippen molar-refractivity contribution in [1.82, 2.24) is 5.32 Å². The van der Waals surface area contributed by atoms with E-state index in [-0.39, 0.29) is 6.61 Å². The Hall–Kier alpha value is -1.96. The molecule has 0 atom stereocenters. The molecular formula is C18H15BrClNO2. The van der Waals surface area contributed by atoms with Gasteiger partial charge in [0.05, 0.1) is 5.02 Å². The van der Waals surface area contributed by atoms with Crippen LogP contribution in [0.2, 0.25) is 5.02 Å². The molecule has 0 saturated carbocycles. The summed E-state index contributed by atoms with van der Waals surface area (Å²) in [4.78, 5) is 11.5. The maximum atomic E-state index is 11.5. The van der Waals surface area contributed by atoms with Crippen molar-refractivity contribution in [3.05, 3.63) is 69.2 Å². The van der Waals surface area contributed by atoms with E-state index in [0.717, 1.165) is 15.6 Å². The Balaban J connectivity index is 1.68. The molecule has 0 unspecified atom stereocenters. The lowest BCUT2D eigenvalue weighted by atomic mass is 10.2.